The number of carbonyl (C=O) groups excluding carboxylic acids is 5. The lowest BCUT2D eigenvalue weighted by Gasteiger charge is -2.28. The van der Waals surface area contributed by atoms with Gasteiger partial charge < -0.3 is 36.8 Å². The van der Waals surface area contributed by atoms with E-state index in [9.17, 15) is 24.0 Å². The van der Waals surface area contributed by atoms with Crippen molar-refractivity contribution in [1.29, 1.82) is 0 Å². The summed E-state index contributed by atoms with van der Waals surface area (Å²) in [6, 6.07) is 12.0. The summed E-state index contributed by atoms with van der Waals surface area (Å²) in [5, 5.41) is 11.8. The molecule has 12 heteroatoms. The van der Waals surface area contributed by atoms with E-state index in [2.05, 4.69) is 38.9 Å². The second-order valence-electron chi connectivity index (χ2n) is 12.0. The van der Waals surface area contributed by atoms with Crippen molar-refractivity contribution in [3.63, 3.8) is 0 Å². The van der Waals surface area contributed by atoms with Crippen LogP contribution in [0, 0.1) is 11.8 Å². The minimum Gasteiger partial charge on any atom is -0.361 e. The van der Waals surface area contributed by atoms with Crippen LogP contribution in [0.4, 0.5) is 0 Å². The molecule has 0 saturated carbocycles. The molecule has 6 unspecified atom stereocenters. The van der Waals surface area contributed by atoms with Gasteiger partial charge in [0.05, 0.1) is 12.1 Å². The number of rotatable bonds is 17. The van der Waals surface area contributed by atoms with Crippen molar-refractivity contribution in [3.05, 3.63) is 71.9 Å². The lowest BCUT2D eigenvalue weighted by atomic mass is 9.97. The number of benzene rings is 2. The summed E-state index contributed by atoms with van der Waals surface area (Å²) in [4.78, 5) is 68.3. The number of aromatic amines is 1. The number of amides is 4. The van der Waals surface area contributed by atoms with Gasteiger partial charge in [0, 0.05) is 35.7 Å². The van der Waals surface area contributed by atoms with Crippen LogP contribution < -0.4 is 27.0 Å². The van der Waals surface area contributed by atoms with Crippen LogP contribution in [-0.4, -0.2) is 70.9 Å². The molecule has 0 bridgehead atoms. The van der Waals surface area contributed by atoms with E-state index in [1.165, 1.54) is 0 Å². The van der Waals surface area contributed by atoms with E-state index in [0.29, 0.717) is 12.7 Å². The van der Waals surface area contributed by atoms with Crippen molar-refractivity contribution in [2.24, 2.45) is 17.6 Å². The number of para-hydroxylation sites is 1. The summed E-state index contributed by atoms with van der Waals surface area (Å²) in [6.45, 7) is 7.33. The van der Waals surface area contributed by atoms with Crippen LogP contribution in [-0.2, 0) is 36.8 Å². The fraction of sp³-hybridized carbons (Fsp3) is 0.441. The Labute approximate surface area is 275 Å². The minimum absolute atomic E-state index is 0.0695. The zero-order valence-electron chi connectivity index (χ0n) is 26.8. The number of hydrogen-bond acceptors (Lipinski definition) is 7. The predicted molar refractivity (Wildman–Crippen MR) is 182 cm³/mol. The molecule has 1 heterocycles. The Bertz CT molecular complexity index is 1480. The van der Waals surface area contributed by atoms with Crippen LogP contribution in [0.5, 0.6) is 0 Å². The van der Waals surface area contributed by atoms with E-state index in [1.807, 2.05) is 68.4 Å². The molecule has 46 heavy (non-hydrogen) atoms. The summed E-state index contributed by atoms with van der Waals surface area (Å²) < 4.78 is 0. The molecule has 3 aromatic rings. The summed E-state index contributed by atoms with van der Waals surface area (Å²) in [5.74, 6) is -2.66. The normalized spacial score (nSPS) is 15.2. The third kappa shape index (κ3) is 9.92. The SMILES string of the molecule is CCC(C)C(N)C(=O)NC(C(=O)NC(CS)C(=O)NC(Cc1ccccc1)C(=O)NC(C=O)Cc1c[nH]c2ccccc12)C(C)C. The lowest BCUT2D eigenvalue weighted by molar-refractivity contribution is -0.134. The number of aldehydes is 1. The third-order valence-electron chi connectivity index (χ3n) is 8.14. The highest BCUT2D eigenvalue weighted by Gasteiger charge is 2.32. The van der Waals surface area contributed by atoms with Crippen LogP contribution in [0.15, 0.2) is 60.8 Å². The monoisotopic (exact) mass is 650 g/mol. The van der Waals surface area contributed by atoms with Gasteiger partial charge in [-0.2, -0.15) is 12.6 Å². The molecule has 248 valence electrons. The first kappa shape index (κ1) is 36.3. The third-order valence-corrected chi connectivity index (χ3v) is 8.51. The van der Waals surface area contributed by atoms with Crippen molar-refractivity contribution in [1.82, 2.24) is 26.3 Å². The van der Waals surface area contributed by atoms with Gasteiger partial charge in [-0.05, 0) is 29.0 Å². The molecular formula is C34H46N6O5S. The van der Waals surface area contributed by atoms with Crippen LogP contribution in [0.1, 0.15) is 45.2 Å². The topological polar surface area (TPSA) is 175 Å². The van der Waals surface area contributed by atoms with Gasteiger partial charge in [0.1, 0.15) is 24.4 Å². The van der Waals surface area contributed by atoms with Gasteiger partial charge in [-0.1, -0.05) is 82.6 Å². The highest BCUT2D eigenvalue weighted by molar-refractivity contribution is 7.80. The molecule has 2 aromatic carbocycles. The maximum absolute atomic E-state index is 13.6. The van der Waals surface area contributed by atoms with Gasteiger partial charge >= 0.3 is 0 Å². The second-order valence-corrected chi connectivity index (χ2v) is 12.3. The van der Waals surface area contributed by atoms with Crippen molar-refractivity contribution in [2.75, 3.05) is 5.75 Å². The van der Waals surface area contributed by atoms with Gasteiger partial charge in [0.15, 0.2) is 0 Å². The molecule has 0 saturated heterocycles. The highest BCUT2D eigenvalue weighted by Crippen LogP contribution is 2.19. The molecule has 3 rings (SSSR count). The minimum atomic E-state index is -1.11. The standard InChI is InChI=1S/C34H46N6O5S/c1-5-21(4)29(35)33(44)40-30(20(2)3)34(45)39-28(19-46)32(43)38-27(15-22-11-7-6-8-12-22)31(42)37-24(18-41)16-23-17-36-26-14-10-9-13-25(23)26/h6-14,17-18,20-21,24,27-30,36,46H,5,15-16,19,35H2,1-4H3,(H,37,42)(H,38,43)(H,39,45)(H,40,44). The number of fused-ring (bicyclic) bond motifs is 1. The van der Waals surface area contributed by atoms with Crippen molar-refractivity contribution in [3.8, 4) is 0 Å². The second kappa shape index (κ2) is 17.5. The quantitative estimate of drug-likeness (QED) is 0.0870. The first-order valence-corrected chi connectivity index (χ1v) is 16.2. The Kier molecular flexibility index (Phi) is 13.8. The van der Waals surface area contributed by atoms with E-state index >= 15 is 0 Å². The smallest absolute Gasteiger partial charge is 0.244 e. The van der Waals surface area contributed by atoms with Gasteiger partial charge in [0.25, 0.3) is 0 Å². The Hall–Kier alpha value is -4.16. The zero-order chi connectivity index (χ0) is 33.8. The number of thiol groups is 1. The molecular weight excluding hydrogens is 604 g/mol. The Morgan fingerprint density at radius 1 is 0.826 bits per heavy atom. The Morgan fingerprint density at radius 2 is 1.46 bits per heavy atom. The molecule has 6 atom stereocenters. The van der Waals surface area contributed by atoms with Crippen molar-refractivity contribution in [2.45, 2.75) is 77.2 Å². The number of H-pyrrole nitrogens is 1. The number of carbonyl (C=O) groups is 5. The molecule has 4 amide bonds. The maximum Gasteiger partial charge on any atom is 0.244 e. The number of nitrogens with two attached hydrogens (primary N) is 1. The van der Waals surface area contributed by atoms with Crippen molar-refractivity contribution < 1.29 is 24.0 Å². The zero-order valence-corrected chi connectivity index (χ0v) is 27.7. The van der Waals surface area contributed by atoms with Crippen LogP contribution in [0.2, 0.25) is 0 Å². The average molecular weight is 651 g/mol. The van der Waals surface area contributed by atoms with Gasteiger partial charge in [-0.3, -0.25) is 19.2 Å². The maximum atomic E-state index is 13.6. The molecule has 1 aromatic heterocycles. The molecule has 0 fully saturated rings. The van der Waals surface area contributed by atoms with Crippen LogP contribution in [0.25, 0.3) is 10.9 Å². The fourth-order valence-electron chi connectivity index (χ4n) is 5.04. The van der Waals surface area contributed by atoms with E-state index in [-0.39, 0.29) is 30.4 Å². The summed E-state index contributed by atoms with van der Waals surface area (Å²) >= 11 is 4.28. The van der Waals surface area contributed by atoms with E-state index in [1.54, 1.807) is 20.0 Å². The van der Waals surface area contributed by atoms with Gasteiger partial charge in [0.2, 0.25) is 23.6 Å². The fourth-order valence-corrected chi connectivity index (χ4v) is 5.29. The molecule has 11 nitrogen and oxygen atoms in total. The van der Waals surface area contributed by atoms with Crippen LogP contribution >= 0.6 is 12.6 Å². The Morgan fingerprint density at radius 3 is 2.09 bits per heavy atom. The summed E-state index contributed by atoms with van der Waals surface area (Å²) in [7, 11) is 0. The van der Waals surface area contributed by atoms with Gasteiger partial charge in [-0.25, -0.2) is 0 Å². The Balaban J connectivity index is 1.74. The van der Waals surface area contributed by atoms with Crippen LogP contribution in [0.3, 0.4) is 0 Å². The molecule has 7 N–H and O–H groups in total. The first-order chi connectivity index (χ1) is 22.0. The summed E-state index contributed by atoms with van der Waals surface area (Å²) in [5.41, 5.74) is 8.64. The number of nitrogens with one attached hydrogen (secondary N) is 5. The molecule has 0 spiro atoms. The predicted octanol–water partition coefficient (Wildman–Crippen LogP) is 2.05. The van der Waals surface area contributed by atoms with E-state index in [0.717, 1.165) is 22.0 Å². The molecule has 0 aliphatic rings. The lowest BCUT2D eigenvalue weighted by Crippen LogP contribution is -2.60. The largest absolute Gasteiger partial charge is 0.361 e. The first-order valence-electron chi connectivity index (χ1n) is 15.6. The van der Waals surface area contributed by atoms with E-state index < -0.39 is 53.8 Å². The summed E-state index contributed by atoms with van der Waals surface area (Å²) in [6.07, 6.45) is 3.57. The molecule has 0 aliphatic carbocycles. The average Bonchev–Trinajstić information content (AvgIpc) is 3.47. The molecule has 0 aliphatic heterocycles. The van der Waals surface area contributed by atoms with Gasteiger partial charge in [-0.15, -0.1) is 0 Å². The number of aromatic nitrogens is 1. The van der Waals surface area contributed by atoms with E-state index in [4.69, 9.17) is 5.73 Å². The number of hydrogen-bond donors (Lipinski definition) is 7. The van der Waals surface area contributed by atoms with Crippen molar-refractivity contribution >= 4 is 53.4 Å². The molecule has 0 radical (unpaired) electrons. The highest BCUT2D eigenvalue weighted by atomic mass is 32.1.